The van der Waals surface area contributed by atoms with Gasteiger partial charge in [0, 0.05) is 19.3 Å². The van der Waals surface area contributed by atoms with Crippen LogP contribution in [0, 0.1) is 0 Å². The number of aliphatic hydroxyl groups is 2. The second kappa shape index (κ2) is 90.4. The first-order valence-corrected chi connectivity index (χ1v) is 49.8. The molecule has 117 heavy (non-hydrogen) atoms. The van der Waals surface area contributed by atoms with Crippen LogP contribution in [0.15, 0.2) is 158 Å². The summed E-state index contributed by atoms with van der Waals surface area (Å²) < 4.78 is 61.5. The average Bonchev–Trinajstić information content (AvgIpc) is 0.901. The van der Waals surface area contributed by atoms with Gasteiger partial charge in [0.2, 0.25) is 0 Å². The maximum absolute atomic E-state index is 13.1. The van der Waals surface area contributed by atoms with Gasteiger partial charge < -0.3 is 34.2 Å². The van der Waals surface area contributed by atoms with Crippen LogP contribution >= 0.6 is 15.6 Å². The second-order valence-corrected chi connectivity index (χ2v) is 34.0. The molecule has 0 aliphatic heterocycles. The van der Waals surface area contributed by atoms with Gasteiger partial charge in [-0.3, -0.25) is 32.5 Å². The Balaban J connectivity index is 4.54. The smallest absolute Gasteiger partial charge is 0.463 e. The first-order chi connectivity index (χ1) is 57.2. The number of rotatable bonds is 88. The first kappa shape index (κ1) is 112. The molecule has 0 aliphatic rings. The predicted octanol–water partition coefficient (Wildman–Crippen LogP) is 28.9. The second-order valence-electron chi connectivity index (χ2n) is 31.1. The number of carbonyl (C=O) groups excluding carboxylic acids is 3. The van der Waals surface area contributed by atoms with Crippen LogP contribution < -0.4 is 0 Å². The van der Waals surface area contributed by atoms with E-state index in [1.807, 2.05) is 0 Å². The Kier molecular flexibility index (Phi) is 86.7. The van der Waals surface area contributed by atoms with Crippen molar-refractivity contribution in [1.29, 1.82) is 0 Å². The number of carbonyl (C=O) groups is 3. The van der Waals surface area contributed by atoms with Gasteiger partial charge in [0.25, 0.3) is 0 Å². The van der Waals surface area contributed by atoms with Gasteiger partial charge in [-0.25, -0.2) is 9.13 Å². The summed E-state index contributed by atoms with van der Waals surface area (Å²) in [6, 6.07) is 0. The van der Waals surface area contributed by atoms with Gasteiger partial charge in [-0.15, -0.1) is 0 Å². The van der Waals surface area contributed by atoms with Crippen molar-refractivity contribution < 1.29 is 75.8 Å². The van der Waals surface area contributed by atoms with E-state index in [2.05, 4.69) is 179 Å². The van der Waals surface area contributed by atoms with E-state index in [4.69, 9.17) is 32.3 Å². The van der Waals surface area contributed by atoms with Gasteiger partial charge in [-0.05, 0) is 154 Å². The Bertz CT molecular complexity index is 2760. The van der Waals surface area contributed by atoms with E-state index in [9.17, 15) is 43.5 Å². The normalized spacial score (nSPS) is 14.5. The van der Waals surface area contributed by atoms with Crippen molar-refractivity contribution in [1.82, 2.24) is 0 Å². The monoisotopic (exact) mass is 1680 g/mol. The van der Waals surface area contributed by atoms with Crippen LogP contribution in [0.1, 0.15) is 393 Å². The Hall–Kier alpha value is -4.83. The number of unbranched alkanes of at least 4 members (excludes halogenated alkanes) is 39. The summed E-state index contributed by atoms with van der Waals surface area (Å²) in [5, 5.41) is 20.7. The van der Waals surface area contributed by atoms with Crippen molar-refractivity contribution in [2.24, 2.45) is 0 Å². The highest BCUT2D eigenvalue weighted by Gasteiger charge is 2.29. The third kappa shape index (κ3) is 91.7. The third-order valence-electron chi connectivity index (χ3n) is 19.7. The van der Waals surface area contributed by atoms with E-state index in [0.717, 1.165) is 173 Å². The number of hydrogen-bond donors (Lipinski definition) is 4. The highest BCUT2D eigenvalue weighted by Crippen LogP contribution is 2.45. The van der Waals surface area contributed by atoms with E-state index in [-0.39, 0.29) is 19.3 Å². The molecular weight excluding hydrogens is 1510 g/mol. The number of phosphoric ester groups is 2. The number of ether oxygens (including phenoxy) is 3. The number of hydrogen-bond acceptors (Lipinski definition) is 14. The maximum Gasteiger partial charge on any atom is 0.472 e. The summed E-state index contributed by atoms with van der Waals surface area (Å²) in [6.07, 6.45) is 116. The topological polar surface area (TPSA) is 231 Å². The van der Waals surface area contributed by atoms with Crippen molar-refractivity contribution in [2.45, 2.75) is 411 Å². The van der Waals surface area contributed by atoms with Crippen LogP contribution in [0.25, 0.3) is 0 Å². The molecule has 672 valence electrons. The predicted molar refractivity (Wildman–Crippen MR) is 491 cm³/mol. The standard InChI is InChI=1S/C99H170O16P2/c1-4-7-10-13-16-19-22-25-28-31-34-36-38-40-42-44-45-46-47-49-51-52-54-56-59-61-64-67-70-73-76-79-82-85-97(102)109-88-94(100)89-111-116(105,106)112-90-95(101)91-113-117(107,108)114-93-96(115-99(104)87-84-81-78-75-72-69-66-63-58-33-30-27-24-21-18-15-12-9-6-3)92-110-98(103)86-83-80-77-74-71-68-65-62-60-57-55-53-50-48-43-41-39-37-35-32-29-26-23-20-17-14-11-8-5-2/h7,10,16-21,25-30,34-37,40-43,45-46,58,63,94-96,100-101H,4-6,8-9,11-15,22-24,31-33,38-39,44,47-57,59-62,64-93H2,1-3H3,(H,105,106)(H,107,108)/b10-7-,19-16-,20-17-,21-18-,28-25-,29-26-,30-27-,36-34-,37-35-,42-40-,43-41-,46-45-,63-58-. The van der Waals surface area contributed by atoms with Crippen molar-refractivity contribution in [2.75, 3.05) is 39.6 Å². The SMILES string of the molecule is CC/C=C\C/C=C\C/C=C\C/C=C\C/C=C\C/C=C\CCCCCCCCCCCCCCCCC(=O)OCC(O)COP(=O)(O)OCC(O)COP(=O)(O)OCC(COC(=O)CCCCCCCCCCCCCCC/C=C\C/C=C\C/C=C\C/C=C\CCCCC)OC(=O)CCCCCCCC/C=C\C/C=C\C/C=C\CCCCC. The largest absolute Gasteiger partial charge is 0.472 e. The molecule has 0 fully saturated rings. The minimum Gasteiger partial charge on any atom is -0.463 e. The molecule has 4 N–H and O–H groups in total. The summed E-state index contributed by atoms with van der Waals surface area (Å²) in [7, 11) is -9.81. The Morgan fingerprint density at radius 2 is 0.453 bits per heavy atom. The van der Waals surface area contributed by atoms with Crippen molar-refractivity contribution in [3.05, 3.63) is 158 Å². The van der Waals surface area contributed by atoms with Gasteiger partial charge in [0.1, 0.15) is 25.4 Å². The number of aliphatic hydroxyl groups excluding tert-OH is 2. The molecule has 5 unspecified atom stereocenters. The molecule has 0 radical (unpaired) electrons. The molecular formula is C99H170O16P2. The fraction of sp³-hybridized carbons (Fsp3) is 0.707. The Morgan fingerprint density at radius 3 is 0.718 bits per heavy atom. The molecule has 0 bridgehead atoms. The molecule has 0 saturated heterocycles. The molecule has 18 heteroatoms. The van der Waals surface area contributed by atoms with Gasteiger partial charge in [-0.2, -0.15) is 0 Å². The molecule has 0 aromatic carbocycles. The number of allylic oxidation sites excluding steroid dienone is 26. The highest BCUT2D eigenvalue weighted by atomic mass is 31.2. The molecule has 16 nitrogen and oxygen atoms in total. The van der Waals surface area contributed by atoms with E-state index in [1.165, 1.54) is 161 Å². The zero-order valence-corrected chi connectivity index (χ0v) is 75.9. The molecule has 0 saturated carbocycles. The molecule has 0 spiro atoms. The van der Waals surface area contributed by atoms with Crippen LogP contribution in [0.4, 0.5) is 0 Å². The van der Waals surface area contributed by atoms with Crippen LogP contribution in [0.2, 0.25) is 0 Å². The summed E-state index contributed by atoms with van der Waals surface area (Å²) in [6.45, 7) is 2.55. The quantitative estimate of drug-likeness (QED) is 0.0146. The summed E-state index contributed by atoms with van der Waals surface area (Å²) >= 11 is 0. The molecule has 0 heterocycles. The van der Waals surface area contributed by atoms with E-state index in [1.54, 1.807) is 0 Å². The number of phosphoric acid groups is 2. The fourth-order valence-corrected chi connectivity index (χ4v) is 14.2. The fourth-order valence-electron chi connectivity index (χ4n) is 12.6. The van der Waals surface area contributed by atoms with Crippen molar-refractivity contribution >= 4 is 33.6 Å². The van der Waals surface area contributed by atoms with Gasteiger partial charge in [0.05, 0.1) is 26.4 Å². The van der Waals surface area contributed by atoms with Crippen LogP contribution in [-0.4, -0.2) is 95.9 Å². The molecule has 0 amide bonds. The zero-order chi connectivity index (χ0) is 85.1. The molecule has 0 rings (SSSR count). The lowest BCUT2D eigenvalue weighted by Gasteiger charge is -2.21. The van der Waals surface area contributed by atoms with Gasteiger partial charge in [-0.1, -0.05) is 378 Å². The lowest BCUT2D eigenvalue weighted by atomic mass is 10.0. The minimum atomic E-state index is -4.95. The lowest BCUT2D eigenvalue weighted by molar-refractivity contribution is -0.161. The Labute approximate surface area is 714 Å². The molecule has 5 atom stereocenters. The van der Waals surface area contributed by atoms with Crippen LogP contribution in [0.3, 0.4) is 0 Å². The summed E-state index contributed by atoms with van der Waals surface area (Å²) in [4.78, 5) is 59.0. The first-order valence-electron chi connectivity index (χ1n) is 46.8. The zero-order valence-electron chi connectivity index (χ0n) is 74.1. The average molecular weight is 1680 g/mol. The van der Waals surface area contributed by atoms with E-state index >= 15 is 0 Å². The van der Waals surface area contributed by atoms with E-state index in [0.29, 0.717) is 19.3 Å². The van der Waals surface area contributed by atoms with Crippen molar-refractivity contribution in [3.63, 3.8) is 0 Å². The van der Waals surface area contributed by atoms with Gasteiger partial charge in [0.15, 0.2) is 6.10 Å². The summed E-state index contributed by atoms with van der Waals surface area (Å²) in [5.41, 5.74) is 0. The molecule has 0 aliphatic carbocycles. The lowest BCUT2D eigenvalue weighted by Crippen LogP contribution is -2.30. The molecule has 0 aromatic rings. The van der Waals surface area contributed by atoms with Gasteiger partial charge >= 0.3 is 33.6 Å². The van der Waals surface area contributed by atoms with Crippen molar-refractivity contribution in [3.8, 4) is 0 Å². The Morgan fingerprint density at radius 1 is 0.248 bits per heavy atom. The molecule has 0 aromatic heterocycles. The third-order valence-corrected chi connectivity index (χ3v) is 21.6. The minimum absolute atomic E-state index is 0.0878. The maximum atomic E-state index is 13.1. The van der Waals surface area contributed by atoms with Crippen LogP contribution in [0.5, 0.6) is 0 Å². The van der Waals surface area contributed by atoms with Crippen LogP contribution in [-0.2, 0) is 55.8 Å². The van der Waals surface area contributed by atoms with E-state index < -0.39 is 91.5 Å². The summed E-state index contributed by atoms with van der Waals surface area (Å²) in [5.74, 6) is -1.58. The highest BCUT2D eigenvalue weighted by molar-refractivity contribution is 7.47. The number of esters is 3.